The van der Waals surface area contributed by atoms with Crippen LogP contribution in [0, 0.1) is 0 Å². The maximum absolute atomic E-state index is 8.45. The highest BCUT2D eigenvalue weighted by atomic mass is 17.2. The molecule has 428 valence electrons. The van der Waals surface area contributed by atoms with Gasteiger partial charge in [0.2, 0.25) is 0 Å². The minimum atomic E-state index is -1.40. The summed E-state index contributed by atoms with van der Waals surface area (Å²) in [6, 6.07) is 0. The van der Waals surface area contributed by atoms with Gasteiger partial charge in [0.05, 0.1) is 22.4 Å². The van der Waals surface area contributed by atoms with Gasteiger partial charge in [0.25, 0.3) is 0 Å². The Bertz CT molecular complexity index is 8890. The van der Waals surface area contributed by atoms with Crippen LogP contribution in [0.15, 0.2) is 22.3 Å². The van der Waals surface area contributed by atoms with E-state index >= 15 is 0 Å². The quantitative estimate of drug-likeness (QED) is 0.0645. The van der Waals surface area contributed by atoms with Gasteiger partial charge in [-0.15, -0.1) is 0 Å². The van der Waals surface area contributed by atoms with E-state index in [-0.39, 0.29) is 0 Å². The Morgan fingerprint density at radius 1 is 0.160 bits per heavy atom. The van der Waals surface area contributed by atoms with E-state index in [0.29, 0.717) is 0 Å². The van der Waals surface area contributed by atoms with Crippen LogP contribution in [0.4, 0.5) is 0 Å². The summed E-state index contributed by atoms with van der Waals surface area (Å²) < 4.78 is 0. The molecule has 10 aliphatic carbocycles. The molecule has 0 aliphatic heterocycles. The molecule has 0 fully saturated rings. The first-order valence-electron chi connectivity index (χ1n) is 34.5. The molecule has 8 heteroatoms. The van der Waals surface area contributed by atoms with Crippen LogP contribution in [0.1, 0.15) is 128 Å². The van der Waals surface area contributed by atoms with E-state index in [2.05, 4.69) is 83.1 Å². The summed E-state index contributed by atoms with van der Waals surface area (Å²) in [5.74, 6) is 0. The fraction of sp³-hybridized carbons (Fsp3) is 0.233. The standard InChI is InChI=1S/C86H36O8/c1-79(2,3)87-91-83-67-56-46-33-27-19-15-13-14-17-21-20-16(13)24-23(15)28-29(27)43-44-42(28)45-34(24)36-30(20)38-39-31(21)37-35-25(17)26-18(14)22(19)32(33)41-40(26)48-49(35)62-64-52(37)53(39)65-63-51(38)50(36)61-60(45)68-57(44)55(58(67)47(43)46)66-75(83)77-78-76(66)84(68,92-88-80(4,5)6)70(61)72(63)86(78,94-90-82(10,11)12)74(65)73(64)85(77,93-89-81(7,8)9)71(62)69(83)59(48)54(41)56/h1-12H3. The van der Waals surface area contributed by atoms with Gasteiger partial charge in [0.1, 0.15) is 0 Å². The Morgan fingerprint density at radius 3 is 0.500 bits per heavy atom. The van der Waals surface area contributed by atoms with Crippen LogP contribution < -0.4 is 5.22 Å². The monoisotopic (exact) mass is 1200 g/mol. The first-order chi connectivity index (χ1) is 45.3. The lowest BCUT2D eigenvalue weighted by atomic mass is 9.55. The number of benzene rings is 19. The maximum Gasteiger partial charge on any atom is 0.182 e. The van der Waals surface area contributed by atoms with Crippen LogP contribution in [0.2, 0.25) is 0 Å². The van der Waals surface area contributed by atoms with Crippen LogP contribution in [0.5, 0.6) is 0 Å². The topological polar surface area (TPSA) is 73.8 Å². The van der Waals surface area contributed by atoms with Crippen molar-refractivity contribution >= 4 is 286 Å². The van der Waals surface area contributed by atoms with Crippen LogP contribution in [-0.4, -0.2) is 22.4 Å². The van der Waals surface area contributed by atoms with E-state index in [1.807, 2.05) is 0 Å². The summed E-state index contributed by atoms with van der Waals surface area (Å²) >= 11 is 0. The Labute approximate surface area is 521 Å². The van der Waals surface area contributed by atoms with Crippen LogP contribution in [-0.2, 0) is 61.5 Å². The third-order valence-corrected chi connectivity index (χ3v) is 29.1. The molecule has 0 saturated heterocycles. The van der Waals surface area contributed by atoms with Crippen molar-refractivity contribution in [3.63, 3.8) is 0 Å². The highest BCUT2D eigenvalue weighted by Crippen LogP contribution is 2.89. The molecular weight excluding hydrogens is 1160 g/mol. The number of hydrogen-bond donors (Lipinski definition) is 0. The van der Waals surface area contributed by atoms with Crippen molar-refractivity contribution in [2.24, 2.45) is 0 Å². The third kappa shape index (κ3) is 2.61. The molecule has 0 bridgehead atoms. The van der Waals surface area contributed by atoms with Crippen molar-refractivity contribution < 1.29 is 39.1 Å². The highest BCUT2D eigenvalue weighted by Gasteiger charge is 2.80. The van der Waals surface area contributed by atoms with Crippen molar-refractivity contribution in [1.29, 1.82) is 0 Å². The molecule has 0 spiro atoms. The van der Waals surface area contributed by atoms with Crippen LogP contribution in [0.25, 0.3) is 286 Å². The van der Waals surface area contributed by atoms with Gasteiger partial charge in [-0.3, -0.25) is 0 Å². The Morgan fingerprint density at radius 2 is 0.298 bits per heavy atom. The number of hydrogen-bond acceptors (Lipinski definition) is 8. The molecule has 10 aliphatic rings. The SMILES string of the molecule is CC(C)(C)OOC12C3=C4C5=c6c7c8c9c%10c%11c%12c%13c%14c%15c(c1c1c%16c2c2c%17c%18c(c6c6c%19c7c9c7c9c%10c%10c%11c%14c%11c%14c%15c1c1c%15c%16c%17c%16c%17c%18c6c6c%19c7c7c9c9c%10c%11c%10c(c1%14)c(c%15%16)c1c%17c6c7c1c9%10)C42OOC(C)(C)C)C%13(OOC(C)(C)C)C3=C5C8%12OOC(C)(C)C. The van der Waals surface area contributed by atoms with Gasteiger partial charge in [-0.2, -0.15) is 0 Å². The second-order valence-corrected chi connectivity index (χ2v) is 36.6. The van der Waals surface area contributed by atoms with Gasteiger partial charge in [-0.1, -0.05) is 0 Å². The summed E-state index contributed by atoms with van der Waals surface area (Å²) in [5, 5.41) is 76.1. The predicted molar refractivity (Wildman–Crippen MR) is 374 cm³/mol. The van der Waals surface area contributed by atoms with Gasteiger partial charge < -0.3 is 0 Å². The Hall–Kier alpha value is -8.90. The van der Waals surface area contributed by atoms with Crippen LogP contribution in [0.3, 0.4) is 0 Å². The van der Waals surface area contributed by atoms with Crippen molar-refractivity contribution in [3.05, 3.63) is 72.0 Å². The summed E-state index contributed by atoms with van der Waals surface area (Å²) in [7, 11) is 0. The van der Waals surface area contributed by atoms with Crippen molar-refractivity contribution in [2.45, 2.75) is 128 Å². The lowest BCUT2D eigenvalue weighted by molar-refractivity contribution is -0.408. The van der Waals surface area contributed by atoms with Gasteiger partial charge in [-0.05, 0) is 374 Å². The Kier molecular flexibility index (Phi) is 4.29. The minimum absolute atomic E-state index is 0.734. The molecule has 0 N–H and O–H groups in total. The fourth-order valence-electron chi connectivity index (χ4n) is 28.7. The molecule has 27 aromatic rings. The number of rotatable bonds is 8. The smallest absolute Gasteiger partial charge is 0.182 e. The van der Waals surface area contributed by atoms with Gasteiger partial charge in [0, 0.05) is 66.8 Å². The summed E-state index contributed by atoms with van der Waals surface area (Å²) in [6.45, 7) is 25.9. The molecule has 8 nitrogen and oxygen atoms in total. The largest absolute Gasteiger partial charge is 0.229 e. The predicted octanol–water partition coefficient (Wildman–Crippen LogP) is 20.9. The molecule has 0 saturated carbocycles. The fourth-order valence-corrected chi connectivity index (χ4v) is 28.7. The average Bonchev–Trinajstić information content (AvgIpc) is 1.38. The molecular formula is C86H36O8. The first-order valence-corrected chi connectivity index (χ1v) is 34.5. The minimum Gasteiger partial charge on any atom is -0.229 e. The second-order valence-electron chi connectivity index (χ2n) is 36.6. The van der Waals surface area contributed by atoms with Gasteiger partial charge in [0.15, 0.2) is 22.4 Å². The normalized spacial score (nSPS) is 25.2. The summed E-state index contributed by atoms with van der Waals surface area (Å²) in [5.41, 5.74) is 6.37. The molecule has 4 unspecified atom stereocenters. The zero-order valence-corrected chi connectivity index (χ0v) is 52.3. The van der Waals surface area contributed by atoms with E-state index in [9.17, 15) is 0 Å². The first kappa shape index (κ1) is 41.7. The molecule has 0 heterocycles. The molecule has 4 atom stereocenters. The average molecular weight is 1200 g/mol. The zero-order valence-electron chi connectivity index (χ0n) is 52.3. The van der Waals surface area contributed by atoms with E-state index in [1.54, 1.807) is 0 Å². The van der Waals surface area contributed by atoms with E-state index in [4.69, 9.17) is 39.1 Å². The van der Waals surface area contributed by atoms with Crippen LogP contribution >= 0.6 is 0 Å². The lowest BCUT2D eigenvalue weighted by Gasteiger charge is -2.54. The molecule has 37 rings (SSSR count). The molecule has 0 radical (unpaired) electrons. The third-order valence-electron chi connectivity index (χ3n) is 29.1. The van der Waals surface area contributed by atoms with Crippen molar-refractivity contribution in [3.8, 4) is 0 Å². The summed E-state index contributed by atoms with van der Waals surface area (Å²) in [6.07, 6.45) is 0. The molecule has 94 heavy (non-hydrogen) atoms. The van der Waals surface area contributed by atoms with Crippen molar-refractivity contribution in [2.75, 3.05) is 0 Å². The second kappa shape index (κ2) is 9.67. The lowest BCUT2D eigenvalue weighted by Crippen LogP contribution is -2.54. The van der Waals surface area contributed by atoms with E-state index in [0.717, 1.165) is 50.1 Å². The highest BCUT2D eigenvalue weighted by molar-refractivity contribution is 6.80. The Balaban J connectivity index is 1.04. The van der Waals surface area contributed by atoms with Gasteiger partial charge in [-0.25, -0.2) is 39.1 Å². The molecule has 27 aromatic carbocycles. The van der Waals surface area contributed by atoms with Gasteiger partial charge >= 0.3 is 0 Å². The van der Waals surface area contributed by atoms with E-state index in [1.165, 1.54) is 308 Å². The maximum atomic E-state index is 8.45. The molecule has 0 aromatic heterocycles. The molecule has 0 amide bonds. The zero-order chi connectivity index (χ0) is 59.8. The van der Waals surface area contributed by atoms with Crippen molar-refractivity contribution in [1.82, 2.24) is 0 Å². The summed E-state index contributed by atoms with van der Waals surface area (Å²) in [4.78, 5) is 63.6. The van der Waals surface area contributed by atoms with E-state index < -0.39 is 44.8 Å².